The highest BCUT2D eigenvalue weighted by atomic mass is 79.9. The molecule has 16 heavy (non-hydrogen) atoms. The fourth-order valence-electron chi connectivity index (χ4n) is 1.53. The number of hydrogen-bond acceptors (Lipinski definition) is 2. The predicted octanol–water partition coefficient (Wildman–Crippen LogP) is 2.71. The SMILES string of the molecule is Nc1ccc(NC(=O)NC2CCC2)c(Br)c1. The molecule has 0 atom stereocenters. The van der Waals surface area contributed by atoms with E-state index in [0.717, 1.165) is 23.0 Å². The summed E-state index contributed by atoms with van der Waals surface area (Å²) in [6.45, 7) is 0. The van der Waals surface area contributed by atoms with E-state index in [0.29, 0.717) is 11.7 Å². The standard InChI is InChI=1S/C11H14BrN3O/c12-9-6-7(13)4-5-10(9)15-11(16)14-8-2-1-3-8/h4-6,8H,1-3,13H2,(H2,14,15,16). The molecule has 5 heteroatoms. The zero-order chi connectivity index (χ0) is 11.5. The number of carbonyl (C=O) groups excluding carboxylic acids is 1. The fourth-order valence-corrected chi connectivity index (χ4v) is 2.02. The molecule has 2 rings (SSSR count). The van der Waals surface area contributed by atoms with Crippen LogP contribution in [0.5, 0.6) is 0 Å². The average molecular weight is 284 g/mol. The van der Waals surface area contributed by atoms with E-state index in [1.54, 1.807) is 18.2 Å². The maximum Gasteiger partial charge on any atom is 0.319 e. The zero-order valence-corrected chi connectivity index (χ0v) is 10.4. The monoisotopic (exact) mass is 283 g/mol. The molecule has 86 valence electrons. The fraction of sp³-hybridized carbons (Fsp3) is 0.364. The van der Waals surface area contributed by atoms with E-state index in [4.69, 9.17) is 5.73 Å². The summed E-state index contributed by atoms with van der Waals surface area (Å²) in [5.74, 6) is 0. The lowest BCUT2D eigenvalue weighted by atomic mass is 9.93. The molecule has 1 aromatic carbocycles. The second kappa shape index (κ2) is 4.74. The maximum atomic E-state index is 11.6. The molecule has 1 aromatic rings. The molecule has 0 spiro atoms. The molecule has 4 N–H and O–H groups in total. The van der Waals surface area contributed by atoms with Gasteiger partial charge in [0, 0.05) is 16.2 Å². The van der Waals surface area contributed by atoms with Gasteiger partial charge in [0.05, 0.1) is 5.69 Å². The first-order chi connectivity index (χ1) is 7.65. The zero-order valence-electron chi connectivity index (χ0n) is 8.79. The number of anilines is 2. The normalized spacial score (nSPS) is 15.3. The largest absolute Gasteiger partial charge is 0.399 e. The van der Waals surface area contributed by atoms with E-state index in [1.807, 2.05) is 0 Å². The first-order valence-electron chi connectivity index (χ1n) is 5.27. The van der Waals surface area contributed by atoms with Crippen LogP contribution < -0.4 is 16.4 Å². The number of nitrogens with two attached hydrogens (primary N) is 1. The van der Waals surface area contributed by atoms with Crippen molar-refractivity contribution in [3.63, 3.8) is 0 Å². The summed E-state index contributed by atoms with van der Waals surface area (Å²) < 4.78 is 0.788. The van der Waals surface area contributed by atoms with Crippen LogP contribution >= 0.6 is 15.9 Å². The van der Waals surface area contributed by atoms with Crippen molar-refractivity contribution in [1.29, 1.82) is 0 Å². The van der Waals surface area contributed by atoms with Crippen molar-refractivity contribution in [2.45, 2.75) is 25.3 Å². The number of nitrogens with one attached hydrogen (secondary N) is 2. The number of urea groups is 1. The Labute approximate surface area is 103 Å². The molecule has 1 saturated carbocycles. The molecule has 0 radical (unpaired) electrons. The smallest absolute Gasteiger partial charge is 0.319 e. The summed E-state index contributed by atoms with van der Waals surface area (Å²) in [5, 5.41) is 5.69. The van der Waals surface area contributed by atoms with Crippen molar-refractivity contribution in [2.75, 3.05) is 11.1 Å². The minimum atomic E-state index is -0.157. The predicted molar refractivity (Wildman–Crippen MR) is 68.3 cm³/mol. The summed E-state index contributed by atoms with van der Waals surface area (Å²) in [4.78, 5) is 11.6. The Bertz CT molecular complexity index is 404. The lowest BCUT2D eigenvalue weighted by Crippen LogP contribution is -2.41. The molecule has 0 bridgehead atoms. The quantitative estimate of drug-likeness (QED) is 0.731. The van der Waals surface area contributed by atoms with Gasteiger partial charge in [0.1, 0.15) is 0 Å². The first kappa shape index (κ1) is 11.3. The van der Waals surface area contributed by atoms with Gasteiger partial charge in [0.25, 0.3) is 0 Å². The summed E-state index contributed by atoms with van der Waals surface area (Å²) >= 11 is 3.35. The lowest BCUT2D eigenvalue weighted by Gasteiger charge is -2.26. The Hall–Kier alpha value is -1.23. The molecule has 2 amide bonds. The van der Waals surface area contributed by atoms with Gasteiger partial charge in [-0.1, -0.05) is 0 Å². The maximum absolute atomic E-state index is 11.6. The number of rotatable bonds is 2. The topological polar surface area (TPSA) is 67.1 Å². The second-order valence-corrected chi connectivity index (χ2v) is 4.82. The van der Waals surface area contributed by atoms with Crippen LogP contribution in [0.2, 0.25) is 0 Å². The molecule has 0 unspecified atom stereocenters. The first-order valence-corrected chi connectivity index (χ1v) is 6.07. The van der Waals surface area contributed by atoms with Crippen molar-refractivity contribution in [3.05, 3.63) is 22.7 Å². The van der Waals surface area contributed by atoms with Crippen LogP contribution in [0, 0.1) is 0 Å². The molecular formula is C11H14BrN3O. The Morgan fingerprint density at radius 3 is 2.75 bits per heavy atom. The van der Waals surface area contributed by atoms with Crippen LogP contribution in [0.25, 0.3) is 0 Å². The summed E-state index contributed by atoms with van der Waals surface area (Å²) in [5.41, 5.74) is 7.00. The summed E-state index contributed by atoms with van der Waals surface area (Å²) in [7, 11) is 0. The summed E-state index contributed by atoms with van der Waals surface area (Å²) in [6, 6.07) is 5.48. The van der Waals surface area contributed by atoms with Crippen LogP contribution in [-0.4, -0.2) is 12.1 Å². The molecule has 0 heterocycles. The second-order valence-electron chi connectivity index (χ2n) is 3.97. The van der Waals surface area contributed by atoms with E-state index >= 15 is 0 Å². The molecule has 4 nitrogen and oxygen atoms in total. The Morgan fingerprint density at radius 1 is 1.44 bits per heavy atom. The van der Waals surface area contributed by atoms with Crippen molar-refractivity contribution in [1.82, 2.24) is 5.32 Å². The average Bonchev–Trinajstić information content (AvgIpc) is 2.16. The van der Waals surface area contributed by atoms with Gasteiger partial charge < -0.3 is 16.4 Å². The van der Waals surface area contributed by atoms with Crippen molar-refractivity contribution in [2.24, 2.45) is 0 Å². The number of hydrogen-bond donors (Lipinski definition) is 3. The van der Waals surface area contributed by atoms with Gasteiger partial charge in [0.2, 0.25) is 0 Å². The third-order valence-electron chi connectivity index (χ3n) is 2.68. The molecule has 0 saturated heterocycles. The number of carbonyl (C=O) groups is 1. The van der Waals surface area contributed by atoms with Crippen LogP contribution in [0.15, 0.2) is 22.7 Å². The third kappa shape index (κ3) is 2.66. The number of benzene rings is 1. The minimum Gasteiger partial charge on any atom is -0.399 e. The van der Waals surface area contributed by atoms with Gasteiger partial charge in [-0.25, -0.2) is 4.79 Å². The van der Waals surface area contributed by atoms with Gasteiger partial charge in [0.15, 0.2) is 0 Å². The van der Waals surface area contributed by atoms with Crippen LogP contribution in [0.3, 0.4) is 0 Å². The van der Waals surface area contributed by atoms with Crippen molar-refractivity contribution >= 4 is 33.3 Å². The molecule has 1 fully saturated rings. The Morgan fingerprint density at radius 2 is 2.19 bits per heavy atom. The Kier molecular flexibility index (Phi) is 3.33. The van der Waals surface area contributed by atoms with Gasteiger partial charge in [-0.3, -0.25) is 0 Å². The van der Waals surface area contributed by atoms with E-state index in [9.17, 15) is 4.79 Å². The van der Waals surface area contributed by atoms with Crippen LogP contribution in [0.4, 0.5) is 16.2 Å². The highest BCUT2D eigenvalue weighted by Gasteiger charge is 2.19. The minimum absolute atomic E-state index is 0.157. The van der Waals surface area contributed by atoms with Crippen molar-refractivity contribution < 1.29 is 4.79 Å². The number of halogens is 1. The highest BCUT2D eigenvalue weighted by Crippen LogP contribution is 2.25. The van der Waals surface area contributed by atoms with Crippen LogP contribution in [-0.2, 0) is 0 Å². The van der Waals surface area contributed by atoms with E-state index in [1.165, 1.54) is 6.42 Å². The highest BCUT2D eigenvalue weighted by molar-refractivity contribution is 9.10. The summed E-state index contributed by atoms with van der Waals surface area (Å²) in [6.07, 6.45) is 3.36. The molecule has 1 aliphatic carbocycles. The van der Waals surface area contributed by atoms with E-state index < -0.39 is 0 Å². The third-order valence-corrected chi connectivity index (χ3v) is 3.34. The van der Waals surface area contributed by atoms with E-state index in [-0.39, 0.29) is 6.03 Å². The molecule has 0 aromatic heterocycles. The van der Waals surface area contributed by atoms with Crippen LogP contribution in [0.1, 0.15) is 19.3 Å². The van der Waals surface area contributed by atoms with Crippen molar-refractivity contribution in [3.8, 4) is 0 Å². The molecule has 0 aliphatic heterocycles. The molecule has 1 aliphatic rings. The molecular weight excluding hydrogens is 270 g/mol. The lowest BCUT2D eigenvalue weighted by molar-refractivity contribution is 0.240. The number of amides is 2. The Balaban J connectivity index is 1.94. The van der Waals surface area contributed by atoms with Gasteiger partial charge in [-0.2, -0.15) is 0 Å². The van der Waals surface area contributed by atoms with Gasteiger partial charge >= 0.3 is 6.03 Å². The van der Waals surface area contributed by atoms with E-state index in [2.05, 4.69) is 26.6 Å². The van der Waals surface area contributed by atoms with Gasteiger partial charge in [-0.05, 0) is 53.4 Å². The number of nitrogen functional groups attached to an aromatic ring is 1. The van der Waals surface area contributed by atoms with Gasteiger partial charge in [-0.15, -0.1) is 0 Å².